The van der Waals surface area contributed by atoms with E-state index in [1.165, 1.54) is 19.2 Å². The standard InChI is InChI=1S/C12H20N4OS/c1-3-17-12-10(13)11(14-8-15-12)16-6-4-9(18-2)5-7-16/h8-9H,3-7,13H2,1-2H3. The van der Waals surface area contributed by atoms with E-state index < -0.39 is 0 Å². The monoisotopic (exact) mass is 268 g/mol. The molecule has 1 saturated heterocycles. The lowest BCUT2D eigenvalue weighted by Gasteiger charge is -2.32. The maximum Gasteiger partial charge on any atom is 0.242 e. The molecule has 0 aliphatic carbocycles. The number of nitrogen functional groups attached to an aromatic ring is 1. The Morgan fingerprint density at radius 3 is 2.78 bits per heavy atom. The highest BCUT2D eigenvalue weighted by molar-refractivity contribution is 7.99. The molecular weight excluding hydrogens is 248 g/mol. The average molecular weight is 268 g/mol. The molecule has 5 nitrogen and oxygen atoms in total. The fraction of sp³-hybridized carbons (Fsp3) is 0.667. The summed E-state index contributed by atoms with van der Waals surface area (Å²) in [5.74, 6) is 1.31. The Hall–Kier alpha value is -1.17. The summed E-state index contributed by atoms with van der Waals surface area (Å²) in [7, 11) is 0. The summed E-state index contributed by atoms with van der Waals surface area (Å²) in [4.78, 5) is 10.6. The second-order valence-electron chi connectivity index (χ2n) is 4.27. The number of hydrogen-bond acceptors (Lipinski definition) is 6. The van der Waals surface area contributed by atoms with Crippen LogP contribution in [0.1, 0.15) is 19.8 Å². The van der Waals surface area contributed by atoms with E-state index in [2.05, 4.69) is 21.1 Å². The van der Waals surface area contributed by atoms with Crippen LogP contribution in [0.5, 0.6) is 5.88 Å². The van der Waals surface area contributed by atoms with Crippen molar-refractivity contribution in [3.63, 3.8) is 0 Å². The fourth-order valence-electron chi connectivity index (χ4n) is 2.18. The quantitative estimate of drug-likeness (QED) is 0.898. The third kappa shape index (κ3) is 2.80. The molecule has 0 bridgehead atoms. The van der Waals surface area contributed by atoms with Gasteiger partial charge in [0.1, 0.15) is 12.0 Å². The molecule has 100 valence electrons. The van der Waals surface area contributed by atoms with Crippen molar-refractivity contribution in [1.29, 1.82) is 0 Å². The molecule has 0 radical (unpaired) electrons. The summed E-state index contributed by atoms with van der Waals surface area (Å²) in [5.41, 5.74) is 6.63. The summed E-state index contributed by atoms with van der Waals surface area (Å²) in [6, 6.07) is 0. The van der Waals surface area contributed by atoms with E-state index in [-0.39, 0.29) is 0 Å². The number of nitrogens with two attached hydrogens (primary N) is 1. The molecule has 0 amide bonds. The molecular formula is C12H20N4OS. The van der Waals surface area contributed by atoms with Crippen LogP contribution >= 0.6 is 11.8 Å². The summed E-state index contributed by atoms with van der Waals surface area (Å²) in [5, 5.41) is 0.760. The third-order valence-electron chi connectivity index (χ3n) is 3.18. The Bertz CT molecular complexity index is 394. The molecule has 0 aromatic carbocycles. The van der Waals surface area contributed by atoms with Gasteiger partial charge in [-0.2, -0.15) is 16.7 Å². The molecule has 2 rings (SSSR count). The molecule has 18 heavy (non-hydrogen) atoms. The molecule has 2 heterocycles. The van der Waals surface area contributed by atoms with Crippen molar-refractivity contribution < 1.29 is 4.74 Å². The van der Waals surface area contributed by atoms with Crippen molar-refractivity contribution in [3.05, 3.63) is 6.33 Å². The number of thioether (sulfide) groups is 1. The lowest BCUT2D eigenvalue weighted by molar-refractivity contribution is 0.328. The van der Waals surface area contributed by atoms with Gasteiger partial charge >= 0.3 is 0 Å². The van der Waals surface area contributed by atoms with E-state index in [1.54, 1.807) is 0 Å². The van der Waals surface area contributed by atoms with Crippen molar-refractivity contribution in [2.45, 2.75) is 25.0 Å². The molecule has 1 aliphatic rings. The molecule has 0 atom stereocenters. The Morgan fingerprint density at radius 2 is 2.17 bits per heavy atom. The normalized spacial score (nSPS) is 16.9. The van der Waals surface area contributed by atoms with E-state index >= 15 is 0 Å². The zero-order chi connectivity index (χ0) is 13.0. The van der Waals surface area contributed by atoms with Crippen molar-refractivity contribution in [3.8, 4) is 5.88 Å². The van der Waals surface area contributed by atoms with E-state index in [0.717, 1.165) is 24.2 Å². The zero-order valence-corrected chi connectivity index (χ0v) is 11.7. The number of nitrogens with zero attached hydrogens (tertiary/aromatic N) is 3. The molecule has 1 aromatic heterocycles. The first kappa shape index (κ1) is 13.3. The van der Waals surface area contributed by atoms with Gasteiger partial charge in [0, 0.05) is 18.3 Å². The van der Waals surface area contributed by atoms with Gasteiger partial charge in [0.2, 0.25) is 5.88 Å². The number of ether oxygens (including phenoxy) is 1. The third-order valence-corrected chi connectivity index (χ3v) is 4.32. The molecule has 1 aliphatic heterocycles. The number of hydrogen-bond donors (Lipinski definition) is 1. The maximum atomic E-state index is 6.07. The maximum absolute atomic E-state index is 6.07. The van der Waals surface area contributed by atoms with Gasteiger partial charge in [-0.05, 0) is 26.0 Å². The highest BCUT2D eigenvalue weighted by atomic mass is 32.2. The van der Waals surface area contributed by atoms with E-state index in [1.807, 2.05) is 18.7 Å². The van der Waals surface area contributed by atoms with Gasteiger partial charge in [-0.1, -0.05) is 0 Å². The van der Waals surface area contributed by atoms with Gasteiger partial charge in [0.25, 0.3) is 0 Å². The van der Waals surface area contributed by atoms with Crippen LogP contribution in [0.15, 0.2) is 6.33 Å². The van der Waals surface area contributed by atoms with Crippen molar-refractivity contribution >= 4 is 23.3 Å². The number of aromatic nitrogens is 2. The van der Waals surface area contributed by atoms with Gasteiger partial charge in [0.05, 0.1) is 6.61 Å². The van der Waals surface area contributed by atoms with E-state index in [4.69, 9.17) is 10.5 Å². The molecule has 6 heteroatoms. The number of piperidine rings is 1. The summed E-state index contributed by atoms with van der Waals surface area (Å²) in [6.07, 6.45) is 6.05. The average Bonchev–Trinajstić information content (AvgIpc) is 2.42. The molecule has 2 N–H and O–H groups in total. The van der Waals surface area contributed by atoms with Crippen molar-refractivity contribution in [1.82, 2.24) is 9.97 Å². The first-order valence-corrected chi connectivity index (χ1v) is 7.56. The fourth-order valence-corrected chi connectivity index (χ4v) is 2.86. The van der Waals surface area contributed by atoms with Crippen LogP contribution in [0.25, 0.3) is 0 Å². The number of rotatable bonds is 4. The highest BCUT2D eigenvalue weighted by Gasteiger charge is 2.22. The topological polar surface area (TPSA) is 64.3 Å². The van der Waals surface area contributed by atoms with Gasteiger partial charge in [-0.3, -0.25) is 0 Å². The molecule has 1 aromatic rings. The summed E-state index contributed by atoms with van der Waals surface area (Å²) in [6.45, 7) is 4.48. The SMILES string of the molecule is CCOc1ncnc(N2CCC(SC)CC2)c1N. The lowest BCUT2D eigenvalue weighted by Crippen LogP contribution is -2.35. The first-order valence-electron chi connectivity index (χ1n) is 6.27. The zero-order valence-electron chi connectivity index (χ0n) is 10.9. The Kier molecular flexibility index (Phi) is 4.52. The van der Waals surface area contributed by atoms with E-state index in [9.17, 15) is 0 Å². The van der Waals surface area contributed by atoms with Crippen LogP contribution in [0.3, 0.4) is 0 Å². The smallest absolute Gasteiger partial charge is 0.242 e. The second kappa shape index (κ2) is 6.13. The lowest BCUT2D eigenvalue weighted by atomic mass is 10.1. The minimum atomic E-state index is 0.495. The van der Waals surface area contributed by atoms with Crippen LogP contribution in [0, 0.1) is 0 Å². The largest absolute Gasteiger partial charge is 0.476 e. The minimum Gasteiger partial charge on any atom is -0.476 e. The van der Waals surface area contributed by atoms with Crippen molar-refractivity contribution in [2.24, 2.45) is 0 Å². The van der Waals surface area contributed by atoms with Gasteiger partial charge in [-0.25, -0.2) is 4.98 Å². The van der Waals surface area contributed by atoms with Gasteiger partial charge in [0.15, 0.2) is 5.82 Å². The molecule has 1 fully saturated rings. The summed E-state index contributed by atoms with van der Waals surface area (Å²) >= 11 is 1.94. The van der Waals surface area contributed by atoms with Crippen LogP contribution < -0.4 is 15.4 Å². The van der Waals surface area contributed by atoms with Crippen LogP contribution in [-0.2, 0) is 0 Å². The van der Waals surface area contributed by atoms with Gasteiger partial charge < -0.3 is 15.4 Å². The van der Waals surface area contributed by atoms with E-state index in [0.29, 0.717) is 18.2 Å². The first-order chi connectivity index (χ1) is 8.76. The van der Waals surface area contributed by atoms with Crippen LogP contribution in [-0.4, -0.2) is 41.2 Å². The molecule has 0 spiro atoms. The summed E-state index contributed by atoms with van der Waals surface area (Å²) < 4.78 is 5.40. The Labute approximate surface area is 112 Å². The van der Waals surface area contributed by atoms with Gasteiger partial charge in [-0.15, -0.1) is 0 Å². The predicted molar refractivity (Wildman–Crippen MR) is 76.4 cm³/mol. The highest BCUT2D eigenvalue weighted by Crippen LogP contribution is 2.31. The van der Waals surface area contributed by atoms with Crippen LogP contribution in [0.4, 0.5) is 11.5 Å². The van der Waals surface area contributed by atoms with Crippen molar-refractivity contribution in [2.75, 3.05) is 36.6 Å². The molecule has 0 unspecified atom stereocenters. The minimum absolute atomic E-state index is 0.495. The predicted octanol–water partition coefficient (Wildman–Crippen LogP) is 1.79. The number of anilines is 2. The Balaban J connectivity index is 2.11. The molecule has 0 saturated carbocycles. The second-order valence-corrected chi connectivity index (χ2v) is 5.41. The van der Waals surface area contributed by atoms with Crippen LogP contribution in [0.2, 0.25) is 0 Å². The Morgan fingerprint density at radius 1 is 1.44 bits per heavy atom.